The number of nitrogens with one attached hydrogen (secondary N) is 2. The second kappa shape index (κ2) is 7.06. The Morgan fingerprint density at radius 2 is 2.04 bits per heavy atom. The van der Waals surface area contributed by atoms with Crippen molar-refractivity contribution in [2.75, 3.05) is 5.32 Å². The molecular formula is C21H19N5O. The quantitative estimate of drug-likeness (QED) is 0.747. The van der Waals surface area contributed by atoms with E-state index in [1.807, 2.05) is 24.3 Å². The number of nitrogens with zero attached hydrogens (tertiary/aromatic N) is 3. The van der Waals surface area contributed by atoms with Crippen molar-refractivity contribution in [3.63, 3.8) is 0 Å². The third kappa shape index (κ3) is 3.33. The van der Waals surface area contributed by atoms with Crippen LogP contribution in [-0.2, 0) is 13.1 Å². The predicted octanol–water partition coefficient (Wildman–Crippen LogP) is 3.61. The lowest BCUT2D eigenvalue weighted by molar-refractivity contribution is 0.102. The molecule has 0 bridgehead atoms. The Morgan fingerprint density at radius 3 is 2.81 bits per heavy atom. The minimum Gasteiger partial charge on any atom is -0.305 e. The number of fused-ring (bicyclic) bond motifs is 1. The van der Waals surface area contributed by atoms with Crippen LogP contribution in [0.15, 0.2) is 54.6 Å². The van der Waals surface area contributed by atoms with Crippen molar-refractivity contribution in [2.24, 2.45) is 0 Å². The summed E-state index contributed by atoms with van der Waals surface area (Å²) in [5.41, 5.74) is 4.20. The standard InChI is InChI=1S/C21H19N5O/c1-14(16-7-3-2-4-8-16)26-12-18-19(13-26)24-25-20(18)23-21(27)17-9-5-6-15(10-17)11-22/h2-10,14H,12-13H2,1H3,(H2,23,24,25,27). The van der Waals surface area contributed by atoms with Crippen LogP contribution >= 0.6 is 0 Å². The lowest BCUT2D eigenvalue weighted by atomic mass is 10.1. The molecule has 134 valence electrons. The van der Waals surface area contributed by atoms with Gasteiger partial charge in [0.1, 0.15) is 0 Å². The fourth-order valence-corrected chi connectivity index (χ4v) is 3.39. The molecule has 0 aliphatic carbocycles. The molecular weight excluding hydrogens is 338 g/mol. The second-order valence-electron chi connectivity index (χ2n) is 6.67. The fourth-order valence-electron chi connectivity index (χ4n) is 3.39. The molecule has 0 saturated heterocycles. The molecule has 1 atom stereocenters. The minimum absolute atomic E-state index is 0.267. The number of aromatic amines is 1. The number of H-pyrrole nitrogens is 1. The van der Waals surface area contributed by atoms with Gasteiger partial charge >= 0.3 is 0 Å². The molecule has 2 N–H and O–H groups in total. The molecule has 1 aliphatic heterocycles. The van der Waals surface area contributed by atoms with Gasteiger partial charge in [-0.05, 0) is 30.7 Å². The molecule has 1 aromatic heterocycles. The summed E-state index contributed by atoms with van der Waals surface area (Å²) in [6.07, 6.45) is 0. The monoisotopic (exact) mass is 357 g/mol. The van der Waals surface area contributed by atoms with Crippen molar-refractivity contribution in [1.29, 1.82) is 5.26 Å². The maximum atomic E-state index is 12.5. The fraction of sp³-hybridized carbons (Fsp3) is 0.190. The Bertz CT molecular complexity index is 1020. The Balaban J connectivity index is 1.49. The number of aromatic nitrogens is 2. The van der Waals surface area contributed by atoms with Gasteiger partial charge in [-0.3, -0.25) is 14.8 Å². The van der Waals surface area contributed by atoms with Crippen LogP contribution in [0.1, 0.15) is 45.7 Å². The van der Waals surface area contributed by atoms with Crippen LogP contribution < -0.4 is 5.32 Å². The number of hydrogen-bond acceptors (Lipinski definition) is 4. The molecule has 2 aromatic carbocycles. The summed E-state index contributed by atoms with van der Waals surface area (Å²) in [5, 5.41) is 19.2. The van der Waals surface area contributed by atoms with Crippen LogP contribution in [0.5, 0.6) is 0 Å². The number of nitriles is 1. The highest BCUT2D eigenvalue weighted by Gasteiger charge is 2.29. The Morgan fingerprint density at radius 1 is 1.22 bits per heavy atom. The summed E-state index contributed by atoms with van der Waals surface area (Å²) in [4.78, 5) is 14.9. The van der Waals surface area contributed by atoms with Crippen LogP contribution in [0, 0.1) is 11.3 Å². The number of rotatable bonds is 4. The molecule has 1 amide bonds. The van der Waals surface area contributed by atoms with E-state index in [4.69, 9.17) is 5.26 Å². The first-order chi connectivity index (χ1) is 13.2. The van der Waals surface area contributed by atoms with E-state index in [2.05, 4.69) is 39.5 Å². The van der Waals surface area contributed by atoms with Crippen molar-refractivity contribution < 1.29 is 4.79 Å². The summed E-state index contributed by atoms with van der Waals surface area (Å²) >= 11 is 0. The Hall–Kier alpha value is -3.43. The molecule has 3 aromatic rings. The largest absolute Gasteiger partial charge is 0.305 e. The van der Waals surface area contributed by atoms with E-state index in [9.17, 15) is 4.79 Å². The van der Waals surface area contributed by atoms with Crippen molar-refractivity contribution in [1.82, 2.24) is 15.1 Å². The van der Waals surface area contributed by atoms with E-state index in [1.54, 1.807) is 24.3 Å². The van der Waals surface area contributed by atoms with Gasteiger partial charge in [0, 0.05) is 30.3 Å². The maximum Gasteiger partial charge on any atom is 0.256 e. The number of amides is 1. The van der Waals surface area contributed by atoms with E-state index < -0.39 is 0 Å². The average molecular weight is 357 g/mol. The molecule has 1 aliphatic rings. The number of anilines is 1. The first kappa shape index (κ1) is 17.0. The Kier molecular flexibility index (Phi) is 4.45. The summed E-state index contributed by atoms with van der Waals surface area (Å²) in [6, 6.07) is 19.3. The van der Waals surface area contributed by atoms with E-state index in [1.165, 1.54) is 5.56 Å². The van der Waals surface area contributed by atoms with Gasteiger partial charge < -0.3 is 5.32 Å². The molecule has 0 fully saturated rings. The first-order valence-electron chi connectivity index (χ1n) is 8.82. The lowest BCUT2D eigenvalue weighted by Gasteiger charge is -2.24. The maximum absolute atomic E-state index is 12.5. The SMILES string of the molecule is CC(c1ccccc1)N1Cc2[nH]nc(NC(=O)c3cccc(C#N)c3)c2C1. The van der Waals surface area contributed by atoms with Gasteiger partial charge in [0.25, 0.3) is 5.91 Å². The molecule has 6 heteroatoms. The number of benzene rings is 2. The number of hydrogen-bond donors (Lipinski definition) is 2. The molecule has 0 saturated carbocycles. The van der Waals surface area contributed by atoms with Gasteiger partial charge in [0.15, 0.2) is 5.82 Å². The summed E-state index contributed by atoms with van der Waals surface area (Å²) in [6.45, 7) is 3.66. The highest BCUT2D eigenvalue weighted by atomic mass is 16.1. The van der Waals surface area contributed by atoms with E-state index in [-0.39, 0.29) is 11.9 Å². The molecule has 27 heavy (non-hydrogen) atoms. The molecule has 2 heterocycles. The van der Waals surface area contributed by atoms with Crippen molar-refractivity contribution in [3.05, 3.63) is 82.5 Å². The van der Waals surface area contributed by atoms with Crippen LogP contribution in [0.4, 0.5) is 5.82 Å². The van der Waals surface area contributed by atoms with Crippen molar-refractivity contribution in [2.45, 2.75) is 26.1 Å². The first-order valence-corrected chi connectivity index (χ1v) is 8.82. The normalized spacial score (nSPS) is 14.4. The Labute approximate surface area is 157 Å². The summed E-state index contributed by atoms with van der Waals surface area (Å²) in [7, 11) is 0. The smallest absolute Gasteiger partial charge is 0.256 e. The topological polar surface area (TPSA) is 84.8 Å². The summed E-state index contributed by atoms with van der Waals surface area (Å²) in [5.74, 6) is 0.288. The molecule has 1 unspecified atom stereocenters. The molecule has 4 rings (SSSR count). The van der Waals surface area contributed by atoms with Gasteiger partial charge in [-0.1, -0.05) is 36.4 Å². The third-order valence-electron chi connectivity index (χ3n) is 4.99. The third-order valence-corrected chi connectivity index (χ3v) is 4.99. The zero-order valence-corrected chi connectivity index (χ0v) is 14.9. The van der Waals surface area contributed by atoms with Crippen LogP contribution in [0.3, 0.4) is 0 Å². The van der Waals surface area contributed by atoms with Gasteiger partial charge in [-0.2, -0.15) is 10.4 Å². The van der Waals surface area contributed by atoms with E-state index >= 15 is 0 Å². The van der Waals surface area contributed by atoms with E-state index in [0.29, 0.717) is 16.9 Å². The highest BCUT2D eigenvalue weighted by Crippen LogP contribution is 2.33. The van der Waals surface area contributed by atoms with Crippen molar-refractivity contribution >= 4 is 11.7 Å². The lowest BCUT2D eigenvalue weighted by Crippen LogP contribution is -2.22. The van der Waals surface area contributed by atoms with Gasteiger partial charge in [0.05, 0.1) is 17.3 Å². The highest BCUT2D eigenvalue weighted by molar-refractivity contribution is 6.04. The molecule has 0 spiro atoms. The second-order valence-corrected chi connectivity index (χ2v) is 6.67. The number of carbonyl (C=O) groups excluding carboxylic acids is 1. The van der Waals surface area contributed by atoms with Gasteiger partial charge in [0.2, 0.25) is 0 Å². The van der Waals surface area contributed by atoms with Gasteiger partial charge in [-0.25, -0.2) is 0 Å². The molecule has 0 radical (unpaired) electrons. The molecule has 6 nitrogen and oxygen atoms in total. The zero-order valence-electron chi connectivity index (χ0n) is 14.9. The van der Waals surface area contributed by atoms with E-state index in [0.717, 1.165) is 24.3 Å². The minimum atomic E-state index is -0.268. The predicted molar refractivity (Wildman–Crippen MR) is 102 cm³/mol. The van der Waals surface area contributed by atoms with Gasteiger partial charge in [-0.15, -0.1) is 0 Å². The van der Waals surface area contributed by atoms with Crippen LogP contribution in [0.25, 0.3) is 0 Å². The van der Waals surface area contributed by atoms with Crippen LogP contribution in [-0.4, -0.2) is 21.0 Å². The number of carbonyl (C=O) groups is 1. The summed E-state index contributed by atoms with van der Waals surface area (Å²) < 4.78 is 0. The van der Waals surface area contributed by atoms with Crippen LogP contribution in [0.2, 0.25) is 0 Å². The zero-order chi connectivity index (χ0) is 18.8. The average Bonchev–Trinajstić information content (AvgIpc) is 3.30. The van der Waals surface area contributed by atoms with Crippen molar-refractivity contribution in [3.8, 4) is 6.07 Å².